The van der Waals surface area contributed by atoms with Gasteiger partial charge in [0.15, 0.2) is 0 Å². The van der Waals surface area contributed by atoms with Gasteiger partial charge in [-0.1, -0.05) is 0 Å². The fourth-order valence-electron chi connectivity index (χ4n) is 0.979. The van der Waals surface area contributed by atoms with Crippen molar-refractivity contribution in [3.63, 3.8) is 0 Å². The Hall–Kier alpha value is -0.550. The second kappa shape index (κ2) is 5.24. The van der Waals surface area contributed by atoms with Crippen LogP contribution in [-0.4, -0.2) is 35.7 Å². The van der Waals surface area contributed by atoms with Crippen LogP contribution in [0.2, 0.25) is 0 Å². The van der Waals surface area contributed by atoms with Gasteiger partial charge in [0.1, 0.15) is 0 Å². The highest BCUT2D eigenvalue weighted by molar-refractivity contribution is 7.99. The van der Waals surface area contributed by atoms with Crippen LogP contribution in [0.1, 0.15) is 13.8 Å². The van der Waals surface area contributed by atoms with Crippen molar-refractivity contribution in [2.24, 2.45) is 5.10 Å². The third-order valence-corrected chi connectivity index (χ3v) is 2.69. The number of amides is 1. The molecule has 1 atom stereocenters. The molecule has 0 aromatic heterocycles. The molecule has 1 saturated heterocycles. The Morgan fingerprint density at radius 3 is 2.92 bits per heavy atom. The summed E-state index contributed by atoms with van der Waals surface area (Å²) in [5.74, 6) is 1.89. The van der Waals surface area contributed by atoms with E-state index in [-0.39, 0.29) is 11.9 Å². The number of hydrogen-bond donors (Lipinski definition) is 2. The molecule has 1 amide bonds. The first-order valence-electron chi connectivity index (χ1n) is 4.32. The van der Waals surface area contributed by atoms with Gasteiger partial charge in [-0.05, 0) is 13.8 Å². The average Bonchev–Trinajstić information content (AvgIpc) is 2.15. The number of nitrogens with one attached hydrogen (secondary N) is 2. The van der Waals surface area contributed by atoms with Crippen molar-refractivity contribution in [2.75, 3.05) is 18.1 Å². The molecule has 5 heteroatoms. The smallest absolute Gasteiger partial charge is 0.258 e. The van der Waals surface area contributed by atoms with Gasteiger partial charge in [-0.2, -0.15) is 16.9 Å². The lowest BCUT2D eigenvalue weighted by molar-refractivity contribution is -0.122. The summed E-state index contributed by atoms with van der Waals surface area (Å²) < 4.78 is 0. The largest absolute Gasteiger partial charge is 0.304 e. The zero-order valence-corrected chi connectivity index (χ0v) is 8.78. The standard InChI is InChI=1S/C8H15N3OS/c1-6(2)10-11-8(12)7-5-13-4-3-9-7/h7,9H,3-5H2,1-2H3,(H,11,12). The number of hydrogen-bond acceptors (Lipinski definition) is 4. The summed E-state index contributed by atoms with van der Waals surface area (Å²) in [4.78, 5) is 11.4. The first-order valence-corrected chi connectivity index (χ1v) is 5.47. The van der Waals surface area contributed by atoms with Gasteiger partial charge in [-0.15, -0.1) is 0 Å². The number of nitrogens with zero attached hydrogens (tertiary/aromatic N) is 1. The lowest BCUT2D eigenvalue weighted by atomic mass is 10.3. The van der Waals surface area contributed by atoms with E-state index in [1.54, 1.807) is 11.8 Å². The highest BCUT2D eigenvalue weighted by Crippen LogP contribution is 2.07. The second-order valence-electron chi connectivity index (χ2n) is 3.12. The molecule has 0 aromatic carbocycles. The maximum atomic E-state index is 11.4. The highest BCUT2D eigenvalue weighted by atomic mass is 32.2. The summed E-state index contributed by atoms with van der Waals surface area (Å²) in [5, 5.41) is 7.01. The average molecular weight is 201 g/mol. The minimum Gasteiger partial charge on any atom is -0.304 e. The normalized spacial score (nSPS) is 22.2. The minimum atomic E-state index is -0.0816. The molecule has 1 aliphatic heterocycles. The Balaban J connectivity index is 2.33. The summed E-state index contributed by atoms with van der Waals surface area (Å²) in [6.07, 6.45) is 0. The van der Waals surface area contributed by atoms with Gasteiger partial charge in [0, 0.05) is 23.8 Å². The SMILES string of the molecule is CC(C)=NNC(=O)C1CSCCN1. The van der Waals surface area contributed by atoms with E-state index < -0.39 is 0 Å². The Morgan fingerprint density at radius 2 is 2.38 bits per heavy atom. The van der Waals surface area contributed by atoms with Crippen LogP contribution in [0.25, 0.3) is 0 Å². The van der Waals surface area contributed by atoms with E-state index in [1.165, 1.54) is 0 Å². The van der Waals surface area contributed by atoms with Crippen LogP contribution in [-0.2, 0) is 4.79 Å². The summed E-state index contributed by atoms with van der Waals surface area (Å²) in [7, 11) is 0. The quantitative estimate of drug-likeness (QED) is 0.496. The van der Waals surface area contributed by atoms with Gasteiger partial charge in [0.25, 0.3) is 5.91 Å². The molecule has 1 rings (SSSR count). The van der Waals surface area contributed by atoms with Gasteiger partial charge < -0.3 is 5.32 Å². The summed E-state index contributed by atoms with van der Waals surface area (Å²) in [6, 6.07) is -0.0816. The molecule has 74 valence electrons. The molecule has 0 bridgehead atoms. The molecule has 1 fully saturated rings. The fraction of sp³-hybridized carbons (Fsp3) is 0.750. The van der Waals surface area contributed by atoms with Crippen LogP contribution < -0.4 is 10.7 Å². The van der Waals surface area contributed by atoms with Crippen LogP contribution in [0, 0.1) is 0 Å². The maximum absolute atomic E-state index is 11.4. The highest BCUT2D eigenvalue weighted by Gasteiger charge is 2.20. The molecule has 4 nitrogen and oxygen atoms in total. The predicted molar refractivity (Wildman–Crippen MR) is 56.0 cm³/mol. The number of carbonyl (C=O) groups excluding carboxylic acids is 1. The Kier molecular flexibility index (Phi) is 4.24. The van der Waals surface area contributed by atoms with Crippen molar-refractivity contribution < 1.29 is 4.79 Å². The Labute approximate surface area is 82.5 Å². The van der Waals surface area contributed by atoms with Crippen molar-refractivity contribution in [1.82, 2.24) is 10.7 Å². The van der Waals surface area contributed by atoms with E-state index in [1.807, 2.05) is 13.8 Å². The molecule has 13 heavy (non-hydrogen) atoms. The van der Waals surface area contributed by atoms with Crippen LogP contribution in [0.5, 0.6) is 0 Å². The number of rotatable bonds is 2. The molecule has 1 aliphatic rings. The van der Waals surface area contributed by atoms with Crippen LogP contribution >= 0.6 is 11.8 Å². The van der Waals surface area contributed by atoms with E-state index >= 15 is 0 Å². The fourth-order valence-corrected chi connectivity index (χ4v) is 1.91. The van der Waals surface area contributed by atoms with Crippen LogP contribution in [0.4, 0.5) is 0 Å². The zero-order valence-electron chi connectivity index (χ0n) is 7.96. The van der Waals surface area contributed by atoms with Crippen molar-refractivity contribution in [2.45, 2.75) is 19.9 Å². The van der Waals surface area contributed by atoms with Gasteiger partial charge in [-0.25, -0.2) is 5.43 Å². The molecule has 2 N–H and O–H groups in total. The van der Waals surface area contributed by atoms with E-state index in [9.17, 15) is 4.79 Å². The van der Waals surface area contributed by atoms with Gasteiger partial charge in [0.2, 0.25) is 0 Å². The molecule has 1 unspecified atom stereocenters. The second-order valence-corrected chi connectivity index (χ2v) is 4.27. The van der Waals surface area contributed by atoms with Gasteiger partial charge >= 0.3 is 0 Å². The Morgan fingerprint density at radius 1 is 1.62 bits per heavy atom. The zero-order chi connectivity index (χ0) is 9.68. The minimum absolute atomic E-state index is 0.0339. The summed E-state index contributed by atoms with van der Waals surface area (Å²) in [5.41, 5.74) is 3.38. The first-order chi connectivity index (χ1) is 6.20. The van der Waals surface area contributed by atoms with Crippen molar-refractivity contribution in [1.29, 1.82) is 0 Å². The summed E-state index contributed by atoms with van der Waals surface area (Å²) >= 11 is 1.79. The van der Waals surface area contributed by atoms with E-state index in [2.05, 4.69) is 15.8 Å². The van der Waals surface area contributed by atoms with Gasteiger partial charge in [-0.3, -0.25) is 4.79 Å². The Bertz CT molecular complexity index is 207. The predicted octanol–water partition coefficient (Wildman–Crippen LogP) is 0.203. The molecule has 0 aliphatic carbocycles. The first kappa shape index (κ1) is 10.5. The molecule has 0 spiro atoms. The summed E-state index contributed by atoms with van der Waals surface area (Å²) in [6.45, 7) is 4.60. The number of thioether (sulfide) groups is 1. The number of carbonyl (C=O) groups is 1. The maximum Gasteiger partial charge on any atom is 0.258 e. The molecule has 0 radical (unpaired) electrons. The molecule has 0 saturated carbocycles. The molecular formula is C8H15N3OS. The molecule has 0 aromatic rings. The third kappa shape index (κ3) is 3.78. The lowest BCUT2D eigenvalue weighted by Crippen LogP contribution is -2.47. The van der Waals surface area contributed by atoms with Crippen LogP contribution in [0.3, 0.4) is 0 Å². The van der Waals surface area contributed by atoms with Gasteiger partial charge in [0.05, 0.1) is 6.04 Å². The van der Waals surface area contributed by atoms with Crippen LogP contribution in [0.15, 0.2) is 5.10 Å². The van der Waals surface area contributed by atoms with E-state index in [0.717, 1.165) is 23.8 Å². The molecular weight excluding hydrogens is 186 g/mol. The number of hydrazone groups is 1. The van der Waals surface area contributed by atoms with Crippen molar-refractivity contribution in [3.05, 3.63) is 0 Å². The van der Waals surface area contributed by atoms with Crippen molar-refractivity contribution >= 4 is 23.4 Å². The molecule has 1 heterocycles. The lowest BCUT2D eigenvalue weighted by Gasteiger charge is -2.20. The van der Waals surface area contributed by atoms with Crippen molar-refractivity contribution in [3.8, 4) is 0 Å². The third-order valence-electron chi connectivity index (χ3n) is 1.63. The topological polar surface area (TPSA) is 53.5 Å². The van der Waals surface area contributed by atoms with E-state index in [4.69, 9.17) is 0 Å². The van der Waals surface area contributed by atoms with E-state index in [0.29, 0.717) is 0 Å². The monoisotopic (exact) mass is 201 g/mol.